The number of nitrogens with one attached hydrogen (secondary N) is 1. The number of ether oxygens (including phenoxy) is 2. The van der Waals surface area contributed by atoms with Gasteiger partial charge in [0.15, 0.2) is 11.3 Å². The maximum absolute atomic E-state index is 11.5. The summed E-state index contributed by atoms with van der Waals surface area (Å²) in [5.41, 5.74) is 4.05. The normalized spacial score (nSPS) is 12.3. The highest BCUT2D eigenvalue weighted by Gasteiger charge is 2.20. The molecule has 0 spiro atoms. The predicted octanol–water partition coefficient (Wildman–Crippen LogP) is 1.57. The fraction of sp³-hybridized carbons (Fsp3) is 0.167. The van der Waals surface area contributed by atoms with Gasteiger partial charge in [-0.1, -0.05) is 0 Å². The molecule has 0 saturated heterocycles. The highest BCUT2D eigenvalue weighted by Crippen LogP contribution is 2.40. The number of hydrogen-bond acceptors (Lipinski definition) is 6. The van der Waals surface area contributed by atoms with Crippen LogP contribution in [-0.2, 0) is 0 Å². The van der Waals surface area contributed by atoms with E-state index in [9.17, 15) is 4.79 Å². The summed E-state index contributed by atoms with van der Waals surface area (Å²) >= 11 is 0. The van der Waals surface area contributed by atoms with Gasteiger partial charge in [0.05, 0.1) is 31.5 Å². The van der Waals surface area contributed by atoms with Gasteiger partial charge in [-0.15, -0.1) is 0 Å². The number of benzene rings is 1. The highest BCUT2D eigenvalue weighted by atomic mass is 16.5. The standard InChI is InChI=1S/C12H10N2O4/c1-16-8-3-6-5-13-14-7-4-9(15)18-12(10(6)7)11(8)17-2/h3-5,14H,1-2H3. The first-order chi connectivity index (χ1) is 8.74. The summed E-state index contributed by atoms with van der Waals surface area (Å²) in [5, 5.41) is 4.72. The molecule has 1 aliphatic rings. The number of methoxy groups -OCH3 is 2. The average Bonchev–Trinajstić information content (AvgIpc) is 2.38. The van der Waals surface area contributed by atoms with Crippen LogP contribution in [0.25, 0.3) is 11.0 Å². The van der Waals surface area contributed by atoms with E-state index in [-0.39, 0.29) is 0 Å². The molecule has 2 heterocycles. The Kier molecular flexibility index (Phi) is 2.22. The minimum absolute atomic E-state index is 0.355. The zero-order valence-corrected chi connectivity index (χ0v) is 9.81. The molecule has 0 fully saturated rings. The van der Waals surface area contributed by atoms with Gasteiger partial charge in [0.25, 0.3) is 0 Å². The summed E-state index contributed by atoms with van der Waals surface area (Å²) in [6.45, 7) is 0. The second kappa shape index (κ2) is 3.76. The fourth-order valence-corrected chi connectivity index (χ4v) is 2.04. The molecule has 6 nitrogen and oxygen atoms in total. The Bertz CT molecular complexity index is 718. The van der Waals surface area contributed by atoms with Crippen LogP contribution in [0.4, 0.5) is 5.69 Å². The fourth-order valence-electron chi connectivity index (χ4n) is 2.04. The minimum Gasteiger partial charge on any atom is -0.493 e. The van der Waals surface area contributed by atoms with Crippen LogP contribution < -0.4 is 20.5 Å². The van der Waals surface area contributed by atoms with Crippen molar-refractivity contribution in [3.05, 3.63) is 28.1 Å². The van der Waals surface area contributed by atoms with Crippen molar-refractivity contribution < 1.29 is 13.9 Å². The van der Waals surface area contributed by atoms with Crippen LogP contribution in [0.1, 0.15) is 5.56 Å². The van der Waals surface area contributed by atoms with Crippen LogP contribution in [-0.4, -0.2) is 20.4 Å². The largest absolute Gasteiger partial charge is 0.493 e. The van der Waals surface area contributed by atoms with Gasteiger partial charge in [-0.2, -0.15) is 5.10 Å². The zero-order chi connectivity index (χ0) is 12.7. The summed E-state index contributed by atoms with van der Waals surface area (Å²) in [7, 11) is 3.02. The maximum atomic E-state index is 11.5. The van der Waals surface area contributed by atoms with Gasteiger partial charge < -0.3 is 13.9 Å². The smallest absolute Gasteiger partial charge is 0.338 e. The molecule has 0 amide bonds. The summed E-state index contributed by atoms with van der Waals surface area (Å²) in [6, 6.07) is 3.14. The molecule has 18 heavy (non-hydrogen) atoms. The van der Waals surface area contributed by atoms with E-state index in [1.54, 1.807) is 12.3 Å². The minimum atomic E-state index is -0.473. The van der Waals surface area contributed by atoms with Crippen molar-refractivity contribution in [2.75, 3.05) is 19.6 Å². The third-order valence-corrected chi connectivity index (χ3v) is 2.78. The van der Waals surface area contributed by atoms with Gasteiger partial charge in [0.1, 0.15) is 0 Å². The lowest BCUT2D eigenvalue weighted by Crippen LogP contribution is -2.07. The third-order valence-electron chi connectivity index (χ3n) is 2.78. The van der Waals surface area contributed by atoms with Crippen LogP contribution in [0.15, 0.2) is 26.4 Å². The molecule has 2 aromatic rings. The van der Waals surface area contributed by atoms with E-state index in [4.69, 9.17) is 13.9 Å². The Morgan fingerprint density at radius 1 is 1.28 bits per heavy atom. The zero-order valence-electron chi connectivity index (χ0n) is 9.81. The molecule has 0 unspecified atom stereocenters. The molecule has 1 aliphatic heterocycles. The highest BCUT2D eigenvalue weighted by molar-refractivity contribution is 6.09. The molecule has 0 aliphatic carbocycles. The van der Waals surface area contributed by atoms with E-state index in [1.165, 1.54) is 20.3 Å². The molecule has 0 radical (unpaired) electrons. The van der Waals surface area contributed by atoms with Gasteiger partial charge >= 0.3 is 5.63 Å². The van der Waals surface area contributed by atoms with Crippen LogP contribution in [0.2, 0.25) is 0 Å². The molecule has 6 heteroatoms. The number of nitrogens with zero attached hydrogens (tertiary/aromatic N) is 1. The van der Waals surface area contributed by atoms with Crippen molar-refractivity contribution in [2.24, 2.45) is 5.10 Å². The maximum Gasteiger partial charge on any atom is 0.338 e. The Morgan fingerprint density at radius 3 is 2.83 bits per heavy atom. The van der Waals surface area contributed by atoms with Crippen LogP contribution >= 0.6 is 0 Å². The topological polar surface area (TPSA) is 73.1 Å². The quantitative estimate of drug-likeness (QED) is 0.814. The first-order valence-electron chi connectivity index (χ1n) is 5.26. The second-order valence-electron chi connectivity index (χ2n) is 3.75. The van der Waals surface area contributed by atoms with Crippen molar-refractivity contribution in [2.45, 2.75) is 0 Å². The van der Waals surface area contributed by atoms with Crippen molar-refractivity contribution in [3.63, 3.8) is 0 Å². The van der Waals surface area contributed by atoms with Gasteiger partial charge in [-0.25, -0.2) is 4.79 Å². The van der Waals surface area contributed by atoms with E-state index in [0.29, 0.717) is 22.8 Å². The van der Waals surface area contributed by atoms with E-state index >= 15 is 0 Å². The summed E-state index contributed by atoms with van der Waals surface area (Å²) in [4.78, 5) is 11.5. The summed E-state index contributed by atoms with van der Waals surface area (Å²) < 4.78 is 15.7. The molecule has 92 valence electrons. The van der Waals surface area contributed by atoms with Crippen molar-refractivity contribution >= 4 is 22.9 Å². The Morgan fingerprint density at radius 2 is 2.11 bits per heavy atom. The SMILES string of the molecule is COc1cc2c3c(cc(=O)oc3c1OC)NN=C2. The number of rotatable bonds is 2. The molecular formula is C12H10N2O4. The third kappa shape index (κ3) is 1.35. The van der Waals surface area contributed by atoms with Gasteiger partial charge in [0.2, 0.25) is 5.75 Å². The van der Waals surface area contributed by atoms with Gasteiger partial charge in [-0.3, -0.25) is 5.43 Å². The lowest BCUT2D eigenvalue weighted by atomic mass is 10.1. The molecule has 0 bridgehead atoms. The lowest BCUT2D eigenvalue weighted by Gasteiger charge is -2.16. The number of anilines is 1. The van der Waals surface area contributed by atoms with Crippen molar-refractivity contribution in [3.8, 4) is 11.5 Å². The monoisotopic (exact) mass is 246 g/mol. The second-order valence-corrected chi connectivity index (χ2v) is 3.75. The van der Waals surface area contributed by atoms with Crippen LogP contribution in [0, 0.1) is 0 Å². The Balaban J connectivity index is 2.53. The van der Waals surface area contributed by atoms with E-state index in [1.807, 2.05) is 0 Å². The molecule has 1 aromatic carbocycles. The van der Waals surface area contributed by atoms with Crippen molar-refractivity contribution in [1.29, 1.82) is 0 Å². The predicted molar refractivity (Wildman–Crippen MR) is 66.8 cm³/mol. The first kappa shape index (κ1) is 10.6. The van der Waals surface area contributed by atoms with E-state index < -0.39 is 5.63 Å². The molecular weight excluding hydrogens is 236 g/mol. The lowest BCUT2D eigenvalue weighted by molar-refractivity contribution is 0.352. The molecule has 0 atom stereocenters. The summed E-state index contributed by atoms with van der Waals surface area (Å²) in [5.74, 6) is 0.890. The van der Waals surface area contributed by atoms with Crippen LogP contribution in [0.5, 0.6) is 11.5 Å². The molecule has 1 aromatic heterocycles. The average molecular weight is 246 g/mol. The van der Waals surface area contributed by atoms with Gasteiger partial charge in [0, 0.05) is 11.6 Å². The molecule has 0 saturated carbocycles. The number of hydrazone groups is 1. The van der Waals surface area contributed by atoms with Gasteiger partial charge in [-0.05, 0) is 6.07 Å². The Labute approximate surface area is 102 Å². The van der Waals surface area contributed by atoms with Crippen LogP contribution in [0.3, 0.4) is 0 Å². The Hall–Kier alpha value is -2.50. The van der Waals surface area contributed by atoms with Crippen molar-refractivity contribution in [1.82, 2.24) is 0 Å². The van der Waals surface area contributed by atoms with E-state index in [2.05, 4.69) is 10.5 Å². The molecule has 3 rings (SSSR count). The molecule has 1 N–H and O–H groups in total. The first-order valence-corrected chi connectivity index (χ1v) is 5.26. The van der Waals surface area contributed by atoms with E-state index in [0.717, 1.165) is 10.9 Å². The number of hydrogen-bond donors (Lipinski definition) is 1. The summed E-state index contributed by atoms with van der Waals surface area (Å²) in [6.07, 6.45) is 1.64.